The topological polar surface area (TPSA) is 71.8 Å². The lowest BCUT2D eigenvalue weighted by atomic mass is 10.0. The number of hydrogen-bond acceptors (Lipinski definition) is 4. The molecule has 2 heterocycles. The Bertz CT molecular complexity index is 955. The Morgan fingerprint density at radius 2 is 1.79 bits per heavy atom. The number of halogens is 1. The molecule has 1 fully saturated rings. The van der Waals surface area contributed by atoms with E-state index >= 15 is 0 Å². The first kappa shape index (κ1) is 21.0. The molecule has 1 saturated heterocycles. The van der Waals surface area contributed by atoms with Crippen LogP contribution in [-0.2, 0) is 0 Å². The van der Waals surface area contributed by atoms with Gasteiger partial charge >= 0.3 is 0 Å². The fraction of sp³-hybridized carbons (Fsp3) is 0.318. The van der Waals surface area contributed by atoms with E-state index in [1.54, 1.807) is 4.68 Å². The molecule has 0 saturated carbocycles. The predicted molar refractivity (Wildman–Crippen MR) is 117 cm³/mol. The van der Waals surface area contributed by atoms with Crippen LogP contribution in [-0.4, -0.2) is 39.5 Å². The highest BCUT2D eigenvalue weighted by Gasteiger charge is 2.23. The van der Waals surface area contributed by atoms with Crippen molar-refractivity contribution in [2.45, 2.75) is 38.8 Å². The second-order valence-electron chi connectivity index (χ2n) is 7.40. The first-order valence-electron chi connectivity index (χ1n) is 9.74. The van der Waals surface area contributed by atoms with Crippen molar-refractivity contribution in [3.8, 4) is 16.8 Å². The second-order valence-corrected chi connectivity index (χ2v) is 7.40. The summed E-state index contributed by atoms with van der Waals surface area (Å²) in [5, 5.41) is 14.9. The van der Waals surface area contributed by atoms with Crippen LogP contribution in [0.25, 0.3) is 16.8 Å². The molecular formula is C22H26ClN5O. The summed E-state index contributed by atoms with van der Waals surface area (Å²) in [5.74, 6) is -0.149. The molecule has 152 valence electrons. The van der Waals surface area contributed by atoms with Crippen molar-refractivity contribution in [2.24, 2.45) is 0 Å². The number of carbonyl (C=O) groups excluding carboxylic acids is 1. The van der Waals surface area contributed by atoms with Crippen LogP contribution in [0.4, 0.5) is 0 Å². The molecular weight excluding hydrogens is 386 g/mol. The van der Waals surface area contributed by atoms with Gasteiger partial charge in [-0.15, -0.1) is 17.5 Å². The van der Waals surface area contributed by atoms with Crippen molar-refractivity contribution < 1.29 is 4.79 Å². The molecule has 0 radical (unpaired) electrons. The van der Waals surface area contributed by atoms with Crippen molar-refractivity contribution in [1.82, 2.24) is 25.6 Å². The maximum Gasteiger partial charge on any atom is 0.273 e. The van der Waals surface area contributed by atoms with Gasteiger partial charge in [-0.05, 0) is 56.5 Å². The fourth-order valence-corrected chi connectivity index (χ4v) is 3.73. The summed E-state index contributed by atoms with van der Waals surface area (Å²) in [7, 11) is 0. The van der Waals surface area contributed by atoms with Crippen molar-refractivity contribution >= 4 is 18.3 Å². The van der Waals surface area contributed by atoms with Crippen LogP contribution in [0.3, 0.4) is 0 Å². The standard InChI is InChI=1S/C22H25N5O.ClH/c1-15-14-19(12-13-23-15)24-22(28)21-16(2)27(26-25-21)20-10-8-18(9-11-20)17-6-4-3-5-7-17;/h3-11,15,19,23H,12-14H2,1-2H3,(H,24,28);1H. The lowest BCUT2D eigenvalue weighted by Crippen LogP contribution is -2.46. The van der Waals surface area contributed by atoms with E-state index < -0.39 is 0 Å². The second kappa shape index (κ2) is 9.20. The van der Waals surface area contributed by atoms with Crippen molar-refractivity contribution in [1.29, 1.82) is 0 Å². The van der Waals surface area contributed by atoms with Crippen LogP contribution in [0.5, 0.6) is 0 Å². The van der Waals surface area contributed by atoms with Crippen LogP contribution in [0, 0.1) is 6.92 Å². The van der Waals surface area contributed by atoms with E-state index in [9.17, 15) is 4.79 Å². The zero-order chi connectivity index (χ0) is 19.5. The zero-order valence-corrected chi connectivity index (χ0v) is 17.4. The Hall–Kier alpha value is -2.70. The highest BCUT2D eigenvalue weighted by atomic mass is 35.5. The molecule has 2 unspecified atom stereocenters. The minimum atomic E-state index is -0.149. The fourth-order valence-electron chi connectivity index (χ4n) is 3.73. The van der Waals surface area contributed by atoms with E-state index in [-0.39, 0.29) is 24.4 Å². The number of amides is 1. The molecule has 0 spiro atoms. The Labute approximate surface area is 177 Å². The smallest absolute Gasteiger partial charge is 0.273 e. The normalized spacial score (nSPS) is 18.7. The van der Waals surface area contributed by atoms with Gasteiger partial charge in [-0.25, -0.2) is 4.68 Å². The molecule has 1 aromatic heterocycles. The van der Waals surface area contributed by atoms with E-state index in [0.717, 1.165) is 36.3 Å². The molecule has 29 heavy (non-hydrogen) atoms. The first-order valence-corrected chi connectivity index (χ1v) is 9.74. The number of benzene rings is 2. The van der Waals surface area contributed by atoms with Gasteiger partial charge in [0.05, 0.1) is 11.4 Å². The number of nitrogens with one attached hydrogen (secondary N) is 2. The summed E-state index contributed by atoms with van der Waals surface area (Å²) in [4.78, 5) is 12.7. The largest absolute Gasteiger partial charge is 0.348 e. The number of nitrogens with zero attached hydrogens (tertiary/aromatic N) is 3. The molecule has 2 N–H and O–H groups in total. The molecule has 2 aromatic carbocycles. The summed E-state index contributed by atoms with van der Waals surface area (Å²) in [6, 6.07) is 18.9. The zero-order valence-electron chi connectivity index (χ0n) is 16.6. The third kappa shape index (κ3) is 4.66. The average Bonchev–Trinajstić information content (AvgIpc) is 3.10. The van der Waals surface area contributed by atoms with E-state index in [4.69, 9.17) is 0 Å². The van der Waals surface area contributed by atoms with Crippen molar-refractivity contribution in [2.75, 3.05) is 6.54 Å². The third-order valence-electron chi connectivity index (χ3n) is 5.29. The monoisotopic (exact) mass is 411 g/mol. The molecule has 4 rings (SSSR count). The molecule has 6 nitrogen and oxygen atoms in total. The average molecular weight is 412 g/mol. The van der Waals surface area contributed by atoms with Crippen molar-refractivity contribution in [3.63, 3.8) is 0 Å². The lowest BCUT2D eigenvalue weighted by molar-refractivity contribution is 0.0920. The van der Waals surface area contributed by atoms with Gasteiger partial charge in [-0.2, -0.15) is 0 Å². The van der Waals surface area contributed by atoms with Gasteiger partial charge in [-0.3, -0.25) is 4.79 Å². The van der Waals surface area contributed by atoms with E-state index in [1.807, 2.05) is 37.3 Å². The SMILES string of the molecule is Cc1c(C(=O)NC2CCNC(C)C2)nnn1-c1ccc(-c2ccccc2)cc1.Cl. The predicted octanol–water partition coefficient (Wildman–Crippen LogP) is 3.53. The Balaban J connectivity index is 0.00000240. The molecule has 2 atom stereocenters. The molecule has 7 heteroatoms. The molecule has 1 aliphatic heterocycles. The Morgan fingerprint density at radius 3 is 2.48 bits per heavy atom. The Kier molecular flexibility index (Phi) is 6.67. The minimum absolute atomic E-state index is 0. The van der Waals surface area contributed by atoms with Crippen LogP contribution in [0.15, 0.2) is 54.6 Å². The van der Waals surface area contributed by atoms with Gasteiger partial charge in [0.1, 0.15) is 0 Å². The van der Waals surface area contributed by atoms with Gasteiger partial charge in [0, 0.05) is 12.1 Å². The van der Waals surface area contributed by atoms with Gasteiger partial charge in [-0.1, -0.05) is 47.7 Å². The van der Waals surface area contributed by atoms with E-state index in [1.165, 1.54) is 5.56 Å². The maximum absolute atomic E-state index is 12.7. The van der Waals surface area contributed by atoms with Gasteiger partial charge in [0.15, 0.2) is 5.69 Å². The van der Waals surface area contributed by atoms with Crippen molar-refractivity contribution in [3.05, 3.63) is 66.0 Å². The van der Waals surface area contributed by atoms with Crippen LogP contribution in [0.2, 0.25) is 0 Å². The molecule has 1 aliphatic rings. The Morgan fingerprint density at radius 1 is 1.10 bits per heavy atom. The maximum atomic E-state index is 12.7. The van der Waals surface area contributed by atoms with E-state index in [2.05, 4.69) is 52.1 Å². The van der Waals surface area contributed by atoms with E-state index in [0.29, 0.717) is 11.7 Å². The third-order valence-corrected chi connectivity index (χ3v) is 5.29. The summed E-state index contributed by atoms with van der Waals surface area (Å²) < 4.78 is 1.72. The molecule has 3 aromatic rings. The van der Waals surface area contributed by atoms with Gasteiger partial charge in [0.25, 0.3) is 5.91 Å². The summed E-state index contributed by atoms with van der Waals surface area (Å²) in [5.41, 5.74) is 4.32. The number of hydrogen-bond donors (Lipinski definition) is 2. The highest BCUT2D eigenvalue weighted by molar-refractivity contribution is 5.93. The summed E-state index contributed by atoms with van der Waals surface area (Å²) in [6.45, 7) is 4.94. The van der Waals surface area contributed by atoms with Crippen LogP contribution < -0.4 is 10.6 Å². The quantitative estimate of drug-likeness (QED) is 0.688. The van der Waals surface area contributed by atoms with Gasteiger partial charge < -0.3 is 10.6 Å². The summed E-state index contributed by atoms with van der Waals surface area (Å²) in [6.07, 6.45) is 1.87. The summed E-state index contributed by atoms with van der Waals surface area (Å²) >= 11 is 0. The highest BCUT2D eigenvalue weighted by Crippen LogP contribution is 2.21. The number of piperidine rings is 1. The first-order chi connectivity index (χ1) is 13.6. The minimum Gasteiger partial charge on any atom is -0.348 e. The number of rotatable bonds is 4. The number of carbonyl (C=O) groups is 1. The van der Waals surface area contributed by atoms with Gasteiger partial charge in [0.2, 0.25) is 0 Å². The van der Waals surface area contributed by atoms with Crippen LogP contribution in [0.1, 0.15) is 35.9 Å². The lowest BCUT2D eigenvalue weighted by Gasteiger charge is -2.28. The molecule has 0 aliphatic carbocycles. The van der Waals surface area contributed by atoms with Crippen LogP contribution >= 0.6 is 12.4 Å². The number of aromatic nitrogens is 3. The molecule has 0 bridgehead atoms. The molecule has 1 amide bonds.